The molecule has 0 bridgehead atoms. The molecule has 0 fully saturated rings. The maximum atomic E-state index is 2.40. The molecule has 0 unspecified atom stereocenters. The predicted molar refractivity (Wildman–Crippen MR) is 238 cm³/mol. The third-order valence-electron chi connectivity index (χ3n) is 10.9. The normalized spacial score (nSPS) is 11.7. The molecule has 0 saturated carbocycles. The van der Waals surface area contributed by atoms with Crippen molar-refractivity contribution in [2.75, 3.05) is 0 Å². The number of fused-ring (bicyclic) bond motifs is 2. The molecule has 0 heterocycles. The van der Waals surface area contributed by atoms with Gasteiger partial charge in [-0.25, -0.2) is 0 Å². The van der Waals surface area contributed by atoms with Crippen LogP contribution in [0.4, 0.5) is 0 Å². The van der Waals surface area contributed by atoms with Gasteiger partial charge < -0.3 is 24.8 Å². The van der Waals surface area contributed by atoms with Crippen LogP contribution in [0.25, 0.3) is 89.6 Å². The van der Waals surface area contributed by atoms with Gasteiger partial charge in [0, 0.05) is 0 Å². The van der Waals surface area contributed by atoms with Crippen LogP contribution in [0.3, 0.4) is 0 Å². The van der Waals surface area contributed by atoms with E-state index >= 15 is 0 Å². The van der Waals surface area contributed by atoms with Crippen LogP contribution in [-0.4, -0.2) is 5.43 Å². The van der Waals surface area contributed by atoms with Crippen molar-refractivity contribution in [1.82, 2.24) is 0 Å². The summed E-state index contributed by atoms with van der Waals surface area (Å²) in [6.45, 7) is 9.13. The number of hydrogen-bond donors (Lipinski definition) is 0. The van der Waals surface area contributed by atoms with Crippen LogP contribution in [0.5, 0.6) is 0 Å². The summed E-state index contributed by atoms with van der Waals surface area (Å²) in [4.78, 5) is 0. The van der Waals surface area contributed by atoms with E-state index in [2.05, 4.69) is 173 Å². The largest absolute Gasteiger partial charge is 1.00 e. The molecule has 8 aromatic carbocycles. The summed E-state index contributed by atoms with van der Waals surface area (Å²) < 4.78 is 0. The zero-order chi connectivity index (χ0) is 37.2. The van der Waals surface area contributed by atoms with Crippen molar-refractivity contribution >= 4 is 72.8 Å². The Kier molecular flexibility index (Phi) is 13.9. The number of hydrogen-bond acceptors (Lipinski definition) is 0. The van der Waals surface area contributed by atoms with E-state index in [1.165, 1.54) is 137 Å². The monoisotopic (exact) mass is 860 g/mol. The molecule has 56 heavy (non-hydrogen) atoms. The zero-order valence-corrected chi connectivity index (χ0v) is 37.8. The quantitative estimate of drug-likeness (QED) is 0.106. The Morgan fingerprint density at radius 2 is 0.821 bits per heavy atom. The van der Waals surface area contributed by atoms with E-state index in [4.69, 9.17) is 0 Å². The Balaban J connectivity index is 0.000000168. The van der Waals surface area contributed by atoms with Crippen LogP contribution in [0.2, 0.25) is 13.1 Å². The summed E-state index contributed by atoms with van der Waals surface area (Å²) >= 11 is 1.74. The molecule has 0 nitrogen and oxygen atoms in total. The van der Waals surface area contributed by atoms with Gasteiger partial charge in [0.15, 0.2) is 0 Å². The van der Waals surface area contributed by atoms with E-state index in [0.29, 0.717) is 0 Å². The minimum atomic E-state index is 0. The SMILES string of the molecule is CCCCc1cc2c(-c3ccc4c5c(cccc35)C=C4)cccc2[cH-]1.CCCCc1cc2c(-c3ccc4c5c(cccc35)C=C4)cccc2[cH-]1.C[Si](C)=[Zr+2].[Cl-].[Cl-]. The Bertz CT molecular complexity index is 2530. The van der Waals surface area contributed by atoms with Gasteiger partial charge >= 0.3 is 41.9 Å². The molecule has 0 atom stereocenters. The van der Waals surface area contributed by atoms with Crippen molar-refractivity contribution in [2.24, 2.45) is 0 Å². The van der Waals surface area contributed by atoms with E-state index in [9.17, 15) is 0 Å². The fourth-order valence-corrected chi connectivity index (χ4v) is 8.42. The molecular formula is C52H48Cl2SiZr-2. The van der Waals surface area contributed by atoms with Crippen molar-refractivity contribution in [3.63, 3.8) is 0 Å². The maximum absolute atomic E-state index is 2.40. The summed E-state index contributed by atoms with van der Waals surface area (Å²) in [6, 6.07) is 45.4. The number of benzene rings is 6. The first-order valence-corrected chi connectivity index (χ1v) is 26.0. The van der Waals surface area contributed by atoms with Crippen LogP contribution in [0, 0.1) is 0 Å². The van der Waals surface area contributed by atoms with Gasteiger partial charge in [-0.05, 0) is 67.8 Å². The summed E-state index contributed by atoms with van der Waals surface area (Å²) in [6.07, 6.45) is 16.3. The second-order valence-electron chi connectivity index (χ2n) is 15.2. The van der Waals surface area contributed by atoms with Crippen LogP contribution < -0.4 is 24.8 Å². The van der Waals surface area contributed by atoms with Gasteiger partial charge in [-0.1, -0.05) is 148 Å². The molecule has 0 aromatic heterocycles. The summed E-state index contributed by atoms with van der Waals surface area (Å²) in [5.74, 6) is 0. The molecule has 0 amide bonds. The average Bonchev–Trinajstić information content (AvgIpc) is 3.99. The maximum Gasteiger partial charge on any atom is -1.00 e. The Morgan fingerprint density at radius 3 is 1.21 bits per heavy atom. The first-order valence-electron chi connectivity index (χ1n) is 19.8. The van der Waals surface area contributed by atoms with E-state index in [1.807, 2.05) is 0 Å². The smallest absolute Gasteiger partial charge is 1.00 e. The molecule has 0 aliphatic heterocycles. The number of aryl methyl sites for hydroxylation is 2. The first kappa shape index (κ1) is 41.8. The van der Waals surface area contributed by atoms with Gasteiger partial charge in [0.05, 0.1) is 0 Å². The van der Waals surface area contributed by atoms with Crippen LogP contribution in [-0.2, 0) is 36.2 Å². The van der Waals surface area contributed by atoms with Crippen LogP contribution in [0.15, 0.2) is 121 Å². The molecule has 10 rings (SSSR count). The Hall–Kier alpha value is -3.78. The molecular weight excluding hydrogens is 815 g/mol. The van der Waals surface area contributed by atoms with Crippen molar-refractivity contribution in [1.29, 1.82) is 0 Å². The Labute approximate surface area is 360 Å². The third-order valence-corrected chi connectivity index (χ3v) is 10.9. The second kappa shape index (κ2) is 18.7. The van der Waals surface area contributed by atoms with E-state index in [1.54, 1.807) is 23.3 Å². The Morgan fingerprint density at radius 1 is 0.464 bits per heavy atom. The van der Waals surface area contributed by atoms with Gasteiger partial charge in [-0.3, -0.25) is 0 Å². The molecule has 4 heteroatoms. The molecule has 0 spiro atoms. The van der Waals surface area contributed by atoms with Crippen molar-refractivity contribution in [2.45, 2.75) is 65.5 Å². The number of halogens is 2. The average molecular weight is 863 g/mol. The molecule has 280 valence electrons. The minimum Gasteiger partial charge on any atom is -1.00 e. The van der Waals surface area contributed by atoms with Gasteiger partial charge in [0.1, 0.15) is 0 Å². The number of rotatable bonds is 8. The molecule has 2 aliphatic rings. The van der Waals surface area contributed by atoms with Crippen LogP contribution in [0.1, 0.15) is 72.9 Å². The third kappa shape index (κ3) is 8.42. The molecule has 2 aliphatic carbocycles. The summed E-state index contributed by atoms with van der Waals surface area (Å²) in [7, 11) is 0. The zero-order valence-electron chi connectivity index (χ0n) is 32.9. The van der Waals surface area contributed by atoms with Gasteiger partial charge in [0.2, 0.25) is 0 Å². The van der Waals surface area contributed by atoms with E-state index in [0.717, 1.165) is 0 Å². The van der Waals surface area contributed by atoms with Crippen molar-refractivity contribution in [3.8, 4) is 22.3 Å². The van der Waals surface area contributed by atoms with Crippen LogP contribution >= 0.6 is 0 Å². The van der Waals surface area contributed by atoms with Crippen molar-refractivity contribution in [3.05, 3.63) is 155 Å². The predicted octanol–water partition coefficient (Wildman–Crippen LogP) is 9.20. The molecule has 0 N–H and O–H groups in total. The molecule has 0 saturated heterocycles. The molecule has 8 aromatic rings. The summed E-state index contributed by atoms with van der Waals surface area (Å²) in [5.41, 5.74) is 13.9. The number of unbranched alkanes of at least 4 members (excludes halogenated alkanes) is 2. The second-order valence-corrected chi connectivity index (χ2v) is 24.5. The molecule has 0 radical (unpaired) electrons. The van der Waals surface area contributed by atoms with E-state index < -0.39 is 0 Å². The van der Waals surface area contributed by atoms with Gasteiger partial charge in [0.25, 0.3) is 0 Å². The van der Waals surface area contributed by atoms with E-state index in [-0.39, 0.29) is 30.2 Å². The first-order chi connectivity index (χ1) is 26.4. The summed E-state index contributed by atoms with van der Waals surface area (Å²) in [5, 5.41) is 11.0. The topological polar surface area (TPSA) is 0 Å². The van der Waals surface area contributed by atoms with Gasteiger partial charge in [-0.15, -0.1) is 69.1 Å². The van der Waals surface area contributed by atoms with Gasteiger partial charge in [-0.2, -0.15) is 12.1 Å². The fraction of sp³-hybridized carbons (Fsp3) is 0.192. The fourth-order valence-electron chi connectivity index (χ4n) is 8.42. The standard InChI is InChI=1S/2C25H21.C2H6Si.2ClH.Zr/c2*1-2-3-6-17-15-20-8-5-9-21(24(20)16-17)22-14-13-19-12-11-18-7-4-10-23(22)25(18)19;1-3-2;;;/h2*4-5,7-16H,2-3,6H2,1H3;1-2H3;2*1H;/q2*-1;;;;+2/p-2. The van der Waals surface area contributed by atoms with Crippen molar-refractivity contribution < 1.29 is 48.1 Å². The minimum absolute atomic E-state index is 0.